The molecule has 3 N–H and O–H groups in total. The lowest BCUT2D eigenvalue weighted by molar-refractivity contribution is -0.191. The Morgan fingerprint density at radius 2 is 1.76 bits per heavy atom. The summed E-state index contributed by atoms with van der Waals surface area (Å²) in [6, 6.07) is -2.70. The summed E-state index contributed by atoms with van der Waals surface area (Å²) in [5.74, 6) is -6.20. The standard InChI is InChI=1S/C25H33F6N5O5/c1-11(41-10-24(26,27)28)16(34-21(40)25(29,30)31)20(39)36-9-14-15(23(14,4)5)17(36)19(38)33-13(8-32)6-12-7-22(2,3)35-18(12)37/h11-17H,6-7,9-10H2,1-5H3,(H,33,38)(H,34,40)(H,35,37)/t11-,12-,13+,14?,15?,16+,17?/m1/s1. The lowest BCUT2D eigenvalue weighted by Gasteiger charge is -2.35. The van der Waals surface area contributed by atoms with Crippen LogP contribution in [0.3, 0.4) is 0 Å². The van der Waals surface area contributed by atoms with Crippen LogP contribution in [0, 0.1) is 34.5 Å². The van der Waals surface area contributed by atoms with E-state index in [1.165, 1.54) is 5.32 Å². The first-order valence-electron chi connectivity index (χ1n) is 13.0. The van der Waals surface area contributed by atoms with E-state index in [9.17, 15) is 50.8 Å². The summed E-state index contributed by atoms with van der Waals surface area (Å²) in [6.45, 7) is 6.13. The van der Waals surface area contributed by atoms with Crippen LogP contribution in [-0.4, -0.2) is 83.8 Å². The number of rotatable bonds is 9. The number of nitrogens with one attached hydrogen (secondary N) is 3. The Morgan fingerprint density at radius 1 is 1.15 bits per heavy atom. The van der Waals surface area contributed by atoms with Gasteiger partial charge >= 0.3 is 18.3 Å². The topological polar surface area (TPSA) is 141 Å². The van der Waals surface area contributed by atoms with Crippen LogP contribution in [-0.2, 0) is 23.9 Å². The fraction of sp³-hybridized carbons (Fsp3) is 0.800. The van der Waals surface area contributed by atoms with E-state index in [4.69, 9.17) is 0 Å². The summed E-state index contributed by atoms with van der Waals surface area (Å²) < 4.78 is 81.8. The zero-order chi connectivity index (χ0) is 31.3. The Kier molecular flexibility index (Phi) is 8.66. The largest absolute Gasteiger partial charge is 0.471 e. The molecule has 0 aromatic carbocycles. The molecule has 0 radical (unpaired) electrons. The molecule has 3 unspecified atom stereocenters. The highest BCUT2D eigenvalue weighted by atomic mass is 19.4. The molecule has 230 valence electrons. The van der Waals surface area contributed by atoms with Crippen molar-refractivity contribution in [1.82, 2.24) is 20.9 Å². The molecule has 0 aromatic rings. The Morgan fingerprint density at radius 3 is 2.24 bits per heavy atom. The summed E-state index contributed by atoms with van der Waals surface area (Å²) in [7, 11) is 0. The second kappa shape index (κ2) is 11.0. The molecule has 7 atom stereocenters. The normalized spacial score (nSPS) is 28.5. The molecule has 4 amide bonds. The molecule has 2 aliphatic heterocycles. The predicted octanol–water partition coefficient (Wildman–Crippen LogP) is 1.80. The minimum Gasteiger partial charge on any atom is -0.366 e. The van der Waals surface area contributed by atoms with Crippen molar-refractivity contribution in [3.05, 3.63) is 0 Å². The maximum Gasteiger partial charge on any atom is 0.471 e. The average Bonchev–Trinajstić information content (AvgIpc) is 3.12. The minimum atomic E-state index is -5.45. The van der Waals surface area contributed by atoms with Gasteiger partial charge in [0, 0.05) is 18.0 Å². The summed E-state index contributed by atoms with van der Waals surface area (Å²) >= 11 is 0. The van der Waals surface area contributed by atoms with Crippen molar-refractivity contribution in [1.29, 1.82) is 5.26 Å². The Bertz CT molecular complexity index is 1120. The van der Waals surface area contributed by atoms with Gasteiger partial charge in [0.1, 0.15) is 24.7 Å². The molecule has 16 heteroatoms. The fourth-order valence-corrected chi connectivity index (χ4v) is 5.99. The van der Waals surface area contributed by atoms with Gasteiger partial charge in [-0.2, -0.15) is 31.6 Å². The van der Waals surface area contributed by atoms with Crippen molar-refractivity contribution in [2.45, 2.75) is 89.6 Å². The third-order valence-corrected chi connectivity index (χ3v) is 8.13. The lowest BCUT2D eigenvalue weighted by atomic mass is 9.91. The number of carbonyl (C=O) groups is 4. The van der Waals surface area contributed by atoms with Crippen LogP contribution in [0.5, 0.6) is 0 Å². The zero-order valence-corrected chi connectivity index (χ0v) is 23.1. The highest BCUT2D eigenvalue weighted by Gasteiger charge is 2.70. The van der Waals surface area contributed by atoms with E-state index < -0.39 is 83.7 Å². The molecule has 0 spiro atoms. The smallest absolute Gasteiger partial charge is 0.366 e. The van der Waals surface area contributed by atoms with E-state index in [1.807, 2.05) is 19.9 Å². The van der Waals surface area contributed by atoms with Crippen molar-refractivity contribution >= 4 is 23.6 Å². The lowest BCUT2D eigenvalue weighted by Crippen LogP contribution is -2.61. The Balaban J connectivity index is 1.82. The van der Waals surface area contributed by atoms with Gasteiger partial charge in [0.25, 0.3) is 0 Å². The number of halogens is 6. The van der Waals surface area contributed by atoms with Crippen molar-refractivity contribution in [2.24, 2.45) is 23.2 Å². The van der Waals surface area contributed by atoms with Crippen LogP contribution >= 0.6 is 0 Å². The third kappa shape index (κ3) is 7.22. The number of hydrogen-bond acceptors (Lipinski definition) is 6. The molecule has 10 nitrogen and oxygen atoms in total. The van der Waals surface area contributed by atoms with Crippen LogP contribution in [0.2, 0.25) is 0 Å². The number of nitrogens with zero attached hydrogens (tertiary/aromatic N) is 2. The molecular weight excluding hydrogens is 564 g/mol. The van der Waals surface area contributed by atoms with Crippen LogP contribution < -0.4 is 16.0 Å². The number of piperidine rings is 1. The van der Waals surface area contributed by atoms with Gasteiger partial charge in [0.15, 0.2) is 0 Å². The maximum atomic E-state index is 13.5. The SMILES string of the molecule is C[C@@H](OCC(F)(F)F)[C@H](NC(=O)C(F)(F)F)C(=O)N1CC2C(C1C(=O)N[C@H](C#N)C[C@@H]1CC(C)(C)NC1=O)C2(C)C. The summed E-state index contributed by atoms with van der Waals surface area (Å²) in [4.78, 5) is 51.9. The van der Waals surface area contributed by atoms with Crippen LogP contribution in [0.15, 0.2) is 0 Å². The van der Waals surface area contributed by atoms with E-state index in [1.54, 1.807) is 13.8 Å². The summed E-state index contributed by atoms with van der Waals surface area (Å²) in [5.41, 5.74) is -0.966. The maximum absolute atomic E-state index is 13.5. The van der Waals surface area contributed by atoms with Gasteiger partial charge in [-0.25, -0.2) is 0 Å². The molecule has 41 heavy (non-hydrogen) atoms. The summed E-state index contributed by atoms with van der Waals surface area (Å²) in [5, 5.41) is 16.4. The number of hydrogen-bond donors (Lipinski definition) is 3. The number of carbonyl (C=O) groups excluding carboxylic acids is 4. The van der Waals surface area contributed by atoms with Gasteiger partial charge in [0.2, 0.25) is 17.7 Å². The minimum absolute atomic E-state index is 0.0256. The predicted molar refractivity (Wildman–Crippen MR) is 128 cm³/mol. The Labute approximate surface area is 232 Å². The van der Waals surface area contributed by atoms with E-state index in [0.29, 0.717) is 6.42 Å². The van der Waals surface area contributed by atoms with E-state index in [0.717, 1.165) is 11.8 Å². The van der Waals surface area contributed by atoms with Gasteiger partial charge in [-0.1, -0.05) is 13.8 Å². The first kappa shape index (κ1) is 32.4. The molecule has 3 fully saturated rings. The fourth-order valence-electron chi connectivity index (χ4n) is 5.99. The van der Waals surface area contributed by atoms with Crippen molar-refractivity contribution in [2.75, 3.05) is 13.2 Å². The molecule has 3 rings (SSSR count). The molecule has 3 aliphatic rings. The second-order valence-corrected chi connectivity index (χ2v) is 12.2. The monoisotopic (exact) mass is 597 g/mol. The first-order chi connectivity index (χ1) is 18.6. The number of amides is 4. The number of alkyl halides is 6. The highest BCUT2D eigenvalue weighted by Crippen LogP contribution is 2.65. The number of likely N-dealkylation sites (tertiary alicyclic amines) is 1. The quantitative estimate of drug-likeness (QED) is 0.347. The number of fused-ring (bicyclic) bond motifs is 1. The van der Waals surface area contributed by atoms with Gasteiger partial charge in [-0.05, 0) is 50.9 Å². The van der Waals surface area contributed by atoms with E-state index in [-0.39, 0.29) is 24.8 Å². The van der Waals surface area contributed by atoms with Gasteiger partial charge in [-0.3, -0.25) is 19.2 Å². The van der Waals surface area contributed by atoms with Crippen molar-refractivity contribution in [3.8, 4) is 6.07 Å². The molecule has 1 saturated carbocycles. The molecule has 0 aromatic heterocycles. The van der Waals surface area contributed by atoms with Crippen LogP contribution in [0.25, 0.3) is 0 Å². The van der Waals surface area contributed by atoms with Gasteiger partial charge in [-0.15, -0.1) is 0 Å². The Hall–Kier alpha value is -3.09. The third-order valence-electron chi connectivity index (χ3n) is 8.13. The second-order valence-electron chi connectivity index (χ2n) is 12.2. The molecule has 2 saturated heterocycles. The number of ether oxygens (including phenoxy) is 1. The van der Waals surface area contributed by atoms with Gasteiger partial charge < -0.3 is 25.6 Å². The van der Waals surface area contributed by atoms with Crippen molar-refractivity contribution < 1.29 is 50.3 Å². The highest BCUT2D eigenvalue weighted by molar-refractivity contribution is 5.95. The van der Waals surface area contributed by atoms with E-state index in [2.05, 4.69) is 15.4 Å². The zero-order valence-electron chi connectivity index (χ0n) is 23.1. The molecule has 0 bridgehead atoms. The molecule has 2 heterocycles. The van der Waals surface area contributed by atoms with Crippen LogP contribution in [0.1, 0.15) is 47.5 Å². The van der Waals surface area contributed by atoms with Crippen LogP contribution in [0.4, 0.5) is 26.3 Å². The molecule has 1 aliphatic carbocycles. The molecular formula is C25H33F6N5O5. The summed E-state index contributed by atoms with van der Waals surface area (Å²) in [6.07, 6.45) is -11.8. The first-order valence-corrected chi connectivity index (χ1v) is 13.0. The average molecular weight is 598 g/mol. The van der Waals surface area contributed by atoms with E-state index >= 15 is 0 Å². The van der Waals surface area contributed by atoms with Crippen molar-refractivity contribution in [3.63, 3.8) is 0 Å². The van der Waals surface area contributed by atoms with Gasteiger partial charge in [0.05, 0.1) is 12.2 Å². The number of nitriles is 1.